The van der Waals surface area contributed by atoms with Gasteiger partial charge in [0, 0.05) is 23.0 Å². The van der Waals surface area contributed by atoms with Crippen LogP contribution in [-0.4, -0.2) is 49.7 Å². The summed E-state index contributed by atoms with van der Waals surface area (Å²) in [5.41, 5.74) is 1.83. The number of hydrogen-bond donors (Lipinski definition) is 2. The van der Waals surface area contributed by atoms with Crippen molar-refractivity contribution >= 4 is 29.5 Å². The van der Waals surface area contributed by atoms with Gasteiger partial charge in [-0.05, 0) is 44.2 Å². The lowest BCUT2D eigenvalue weighted by atomic mass is 10.2. The first-order valence-electron chi connectivity index (χ1n) is 9.46. The molecule has 0 saturated carbocycles. The fraction of sp³-hybridized carbons (Fsp3) is 0.300. The maximum atomic E-state index is 12.1. The van der Waals surface area contributed by atoms with Crippen molar-refractivity contribution in [2.75, 3.05) is 16.8 Å². The van der Waals surface area contributed by atoms with Crippen LogP contribution in [-0.2, 0) is 4.74 Å². The molecule has 156 valence electrons. The standard InChI is InChI=1S/C20H21ClN6O3/c1-12(14-9-23-26(10-14)16-5-3-15(21)4-6-16)24-19-22-8-7-18(25-19)27-17(13(2)28)11-30-20(27)29/h3-10,12-13,17,28H,11H2,1-2H3,(H,22,24,25)/t12-,13+,17+/m0/s1. The monoisotopic (exact) mass is 428 g/mol. The summed E-state index contributed by atoms with van der Waals surface area (Å²) in [6, 6.07) is 8.37. The van der Waals surface area contributed by atoms with Gasteiger partial charge in [0.15, 0.2) is 0 Å². The van der Waals surface area contributed by atoms with Crippen LogP contribution in [0.5, 0.6) is 0 Å². The topological polar surface area (TPSA) is 105 Å². The second kappa shape index (κ2) is 8.29. The summed E-state index contributed by atoms with van der Waals surface area (Å²) < 4.78 is 6.82. The number of amides is 1. The number of aliphatic hydroxyl groups is 1. The third-order valence-electron chi connectivity index (χ3n) is 4.89. The number of aliphatic hydroxyl groups excluding tert-OH is 1. The average molecular weight is 429 g/mol. The minimum Gasteiger partial charge on any atom is -0.447 e. The van der Waals surface area contributed by atoms with Crippen molar-refractivity contribution in [1.82, 2.24) is 19.7 Å². The van der Waals surface area contributed by atoms with E-state index in [1.54, 1.807) is 30.1 Å². The number of carbonyl (C=O) groups excluding carboxylic acids is 1. The molecule has 4 rings (SSSR count). The third-order valence-corrected chi connectivity index (χ3v) is 5.14. The van der Waals surface area contributed by atoms with E-state index in [2.05, 4.69) is 20.4 Å². The van der Waals surface area contributed by atoms with Gasteiger partial charge in [-0.2, -0.15) is 10.1 Å². The van der Waals surface area contributed by atoms with Crippen LogP contribution in [0.3, 0.4) is 0 Å². The molecule has 9 nitrogen and oxygen atoms in total. The van der Waals surface area contributed by atoms with Gasteiger partial charge in [0.25, 0.3) is 0 Å². The van der Waals surface area contributed by atoms with Gasteiger partial charge >= 0.3 is 6.09 Å². The van der Waals surface area contributed by atoms with Gasteiger partial charge in [0.05, 0.1) is 24.0 Å². The molecule has 10 heteroatoms. The van der Waals surface area contributed by atoms with Crippen LogP contribution in [0.25, 0.3) is 5.69 Å². The molecule has 0 radical (unpaired) electrons. The van der Waals surface area contributed by atoms with Gasteiger partial charge in [0.1, 0.15) is 18.5 Å². The number of benzene rings is 1. The van der Waals surface area contributed by atoms with E-state index in [1.807, 2.05) is 37.4 Å². The number of hydrogen-bond acceptors (Lipinski definition) is 7. The summed E-state index contributed by atoms with van der Waals surface area (Å²) in [6.45, 7) is 3.69. The molecule has 3 aromatic rings. The van der Waals surface area contributed by atoms with E-state index in [4.69, 9.17) is 16.3 Å². The molecule has 0 spiro atoms. The Bertz CT molecular complexity index is 1040. The number of halogens is 1. The molecule has 3 heterocycles. The lowest BCUT2D eigenvalue weighted by molar-refractivity contribution is 0.142. The summed E-state index contributed by atoms with van der Waals surface area (Å²) in [5, 5.41) is 18.2. The molecule has 0 aliphatic carbocycles. The molecular formula is C20H21ClN6O3. The van der Waals surface area contributed by atoms with E-state index >= 15 is 0 Å². The highest BCUT2D eigenvalue weighted by Crippen LogP contribution is 2.25. The maximum Gasteiger partial charge on any atom is 0.416 e. The Morgan fingerprint density at radius 1 is 1.27 bits per heavy atom. The largest absolute Gasteiger partial charge is 0.447 e. The number of aromatic nitrogens is 4. The summed E-state index contributed by atoms with van der Waals surface area (Å²) >= 11 is 5.94. The highest BCUT2D eigenvalue weighted by Gasteiger charge is 2.38. The minimum atomic E-state index is -0.750. The zero-order chi connectivity index (χ0) is 21.3. The van der Waals surface area contributed by atoms with Crippen LogP contribution >= 0.6 is 11.6 Å². The first-order chi connectivity index (χ1) is 14.4. The van der Waals surface area contributed by atoms with Crippen LogP contribution in [0.2, 0.25) is 5.02 Å². The summed E-state index contributed by atoms with van der Waals surface area (Å²) in [7, 11) is 0. The van der Waals surface area contributed by atoms with E-state index in [0.29, 0.717) is 16.8 Å². The Morgan fingerprint density at radius 2 is 2.03 bits per heavy atom. The summed E-state index contributed by atoms with van der Waals surface area (Å²) in [5.74, 6) is 0.716. The lowest BCUT2D eigenvalue weighted by Crippen LogP contribution is -2.41. The molecule has 2 aromatic heterocycles. The highest BCUT2D eigenvalue weighted by molar-refractivity contribution is 6.30. The van der Waals surface area contributed by atoms with Gasteiger partial charge in [-0.3, -0.25) is 4.90 Å². The molecule has 1 aliphatic heterocycles. The van der Waals surface area contributed by atoms with Crippen molar-refractivity contribution in [2.24, 2.45) is 0 Å². The van der Waals surface area contributed by atoms with Crippen molar-refractivity contribution in [2.45, 2.75) is 32.0 Å². The van der Waals surface area contributed by atoms with Crippen LogP contribution in [0.1, 0.15) is 25.5 Å². The molecule has 1 fully saturated rings. The Labute approximate surface area is 178 Å². The average Bonchev–Trinajstić information content (AvgIpc) is 3.36. The van der Waals surface area contributed by atoms with Crippen molar-refractivity contribution in [1.29, 1.82) is 0 Å². The molecule has 0 bridgehead atoms. The molecule has 1 aromatic carbocycles. The van der Waals surface area contributed by atoms with Gasteiger partial charge in [-0.25, -0.2) is 14.5 Å². The summed E-state index contributed by atoms with van der Waals surface area (Å²) in [6.07, 6.45) is 3.94. The molecule has 2 N–H and O–H groups in total. The van der Waals surface area contributed by atoms with Gasteiger partial charge in [0.2, 0.25) is 5.95 Å². The Morgan fingerprint density at radius 3 is 2.77 bits per heavy atom. The van der Waals surface area contributed by atoms with Crippen LogP contribution in [0, 0.1) is 0 Å². The molecule has 1 saturated heterocycles. The zero-order valence-corrected chi connectivity index (χ0v) is 17.2. The Hall–Kier alpha value is -3.17. The van der Waals surface area contributed by atoms with Crippen LogP contribution < -0.4 is 10.2 Å². The second-order valence-electron chi connectivity index (χ2n) is 7.05. The number of ether oxygens (including phenoxy) is 1. The van der Waals surface area contributed by atoms with Gasteiger partial charge in [-0.1, -0.05) is 11.6 Å². The van der Waals surface area contributed by atoms with E-state index < -0.39 is 18.2 Å². The van der Waals surface area contributed by atoms with Crippen molar-refractivity contribution in [3.63, 3.8) is 0 Å². The predicted molar refractivity (Wildman–Crippen MR) is 112 cm³/mol. The van der Waals surface area contributed by atoms with E-state index in [-0.39, 0.29) is 12.6 Å². The number of cyclic esters (lactones) is 1. The Kier molecular flexibility index (Phi) is 5.56. The van der Waals surface area contributed by atoms with Crippen LogP contribution in [0.15, 0.2) is 48.9 Å². The van der Waals surface area contributed by atoms with Crippen molar-refractivity contribution < 1.29 is 14.6 Å². The lowest BCUT2D eigenvalue weighted by Gasteiger charge is -2.23. The van der Waals surface area contributed by atoms with E-state index in [1.165, 1.54) is 4.90 Å². The SMILES string of the molecule is C[C@H](Nc1nccc(N2C(=O)OC[C@@H]2[C@@H](C)O)n1)c1cnn(-c2ccc(Cl)cc2)c1. The molecule has 1 aliphatic rings. The normalized spacial score (nSPS) is 18.2. The van der Waals surface area contributed by atoms with E-state index in [9.17, 15) is 9.90 Å². The fourth-order valence-corrected chi connectivity index (χ4v) is 3.31. The zero-order valence-electron chi connectivity index (χ0n) is 16.4. The van der Waals surface area contributed by atoms with Gasteiger partial charge in [-0.15, -0.1) is 0 Å². The highest BCUT2D eigenvalue weighted by atomic mass is 35.5. The van der Waals surface area contributed by atoms with E-state index in [0.717, 1.165) is 11.3 Å². The Balaban J connectivity index is 1.50. The molecular weight excluding hydrogens is 408 g/mol. The molecule has 1 amide bonds. The summed E-state index contributed by atoms with van der Waals surface area (Å²) in [4.78, 5) is 22.1. The van der Waals surface area contributed by atoms with Crippen LogP contribution in [0.4, 0.5) is 16.6 Å². The first kappa shape index (κ1) is 20.1. The number of nitrogens with zero attached hydrogens (tertiary/aromatic N) is 5. The molecule has 3 atom stereocenters. The second-order valence-corrected chi connectivity index (χ2v) is 7.49. The quantitative estimate of drug-likeness (QED) is 0.621. The minimum absolute atomic E-state index is 0.115. The smallest absolute Gasteiger partial charge is 0.416 e. The first-order valence-corrected chi connectivity index (χ1v) is 9.84. The number of carbonyl (C=O) groups is 1. The predicted octanol–water partition coefficient (Wildman–Crippen LogP) is 3.19. The van der Waals surface area contributed by atoms with Crippen molar-refractivity contribution in [3.05, 3.63) is 59.5 Å². The molecule has 30 heavy (non-hydrogen) atoms. The van der Waals surface area contributed by atoms with Gasteiger partial charge < -0.3 is 15.2 Å². The maximum absolute atomic E-state index is 12.1. The van der Waals surface area contributed by atoms with Crippen molar-refractivity contribution in [3.8, 4) is 5.69 Å². The third kappa shape index (κ3) is 4.07. The fourth-order valence-electron chi connectivity index (χ4n) is 3.18. The number of rotatable bonds is 6. The number of anilines is 2. The number of nitrogens with one attached hydrogen (secondary N) is 1. The molecule has 0 unspecified atom stereocenters.